The van der Waals surface area contributed by atoms with Gasteiger partial charge in [-0.3, -0.25) is 0 Å². The minimum Gasteiger partial charge on any atom is -0.389 e. The van der Waals surface area contributed by atoms with Gasteiger partial charge in [-0.1, -0.05) is 23.7 Å². The molecule has 0 spiro atoms. The lowest BCUT2D eigenvalue weighted by molar-refractivity contribution is 0.0234. The first-order chi connectivity index (χ1) is 8.87. The van der Waals surface area contributed by atoms with Crippen LogP contribution < -0.4 is 5.32 Å². The Bertz CT molecular complexity index is 362. The van der Waals surface area contributed by atoms with E-state index in [1.54, 1.807) is 13.8 Å². The molecule has 0 amide bonds. The Morgan fingerprint density at radius 1 is 1.32 bits per heavy atom. The van der Waals surface area contributed by atoms with Crippen LogP contribution in [0.15, 0.2) is 24.3 Å². The van der Waals surface area contributed by atoms with Crippen molar-refractivity contribution in [2.24, 2.45) is 0 Å². The summed E-state index contributed by atoms with van der Waals surface area (Å²) in [5.74, 6) is 0. The number of nitrogens with one attached hydrogen (secondary N) is 1. The topological polar surface area (TPSA) is 61.7 Å². The van der Waals surface area contributed by atoms with Crippen LogP contribution in [0.2, 0.25) is 5.02 Å². The second-order valence-corrected chi connectivity index (χ2v) is 5.68. The van der Waals surface area contributed by atoms with Gasteiger partial charge in [-0.2, -0.15) is 0 Å². The Balaban J connectivity index is 2.13. The van der Waals surface area contributed by atoms with Crippen LogP contribution >= 0.6 is 11.6 Å². The minimum absolute atomic E-state index is 0.251. The van der Waals surface area contributed by atoms with E-state index in [1.165, 1.54) is 0 Å². The molecule has 0 bridgehead atoms. The number of aliphatic hydroxyl groups is 2. The van der Waals surface area contributed by atoms with Gasteiger partial charge in [-0.25, -0.2) is 0 Å². The molecule has 19 heavy (non-hydrogen) atoms. The SMILES string of the molecule is CC(C)(O)CNCC(O)COCc1ccc(Cl)cc1. The van der Waals surface area contributed by atoms with Crippen molar-refractivity contribution in [3.05, 3.63) is 34.9 Å². The van der Waals surface area contributed by atoms with Gasteiger partial charge >= 0.3 is 0 Å². The van der Waals surface area contributed by atoms with E-state index in [0.717, 1.165) is 5.56 Å². The van der Waals surface area contributed by atoms with E-state index in [9.17, 15) is 10.2 Å². The third-order valence-corrected chi connectivity index (χ3v) is 2.68. The summed E-state index contributed by atoms with van der Waals surface area (Å²) >= 11 is 5.78. The molecule has 5 heteroatoms. The fraction of sp³-hybridized carbons (Fsp3) is 0.571. The quantitative estimate of drug-likeness (QED) is 0.679. The second kappa shape index (κ2) is 7.82. The molecule has 0 heterocycles. The molecule has 1 unspecified atom stereocenters. The highest BCUT2D eigenvalue weighted by atomic mass is 35.5. The van der Waals surface area contributed by atoms with E-state index < -0.39 is 11.7 Å². The first-order valence-corrected chi connectivity index (χ1v) is 6.68. The van der Waals surface area contributed by atoms with E-state index in [0.29, 0.717) is 24.7 Å². The van der Waals surface area contributed by atoms with Crippen molar-refractivity contribution in [2.45, 2.75) is 32.2 Å². The summed E-state index contributed by atoms with van der Waals surface area (Å²) in [4.78, 5) is 0. The average molecular weight is 288 g/mol. The van der Waals surface area contributed by atoms with E-state index in [2.05, 4.69) is 5.32 Å². The fourth-order valence-corrected chi connectivity index (χ4v) is 1.62. The summed E-state index contributed by atoms with van der Waals surface area (Å²) in [5, 5.41) is 22.8. The fourth-order valence-electron chi connectivity index (χ4n) is 1.50. The number of aliphatic hydroxyl groups excluding tert-OH is 1. The van der Waals surface area contributed by atoms with E-state index in [-0.39, 0.29) is 6.61 Å². The van der Waals surface area contributed by atoms with Gasteiger partial charge in [0.2, 0.25) is 0 Å². The summed E-state index contributed by atoms with van der Waals surface area (Å²) < 4.78 is 5.41. The zero-order valence-electron chi connectivity index (χ0n) is 11.4. The van der Waals surface area contributed by atoms with Crippen LogP contribution in [0.3, 0.4) is 0 Å². The molecule has 1 atom stereocenters. The van der Waals surface area contributed by atoms with Crippen molar-refractivity contribution in [1.29, 1.82) is 0 Å². The van der Waals surface area contributed by atoms with Crippen LogP contribution in [0.25, 0.3) is 0 Å². The van der Waals surface area contributed by atoms with Crippen molar-refractivity contribution in [3.63, 3.8) is 0 Å². The van der Waals surface area contributed by atoms with Crippen molar-refractivity contribution in [2.75, 3.05) is 19.7 Å². The standard InChI is InChI=1S/C14H22ClNO3/c1-14(2,18)10-16-7-13(17)9-19-8-11-3-5-12(15)6-4-11/h3-6,13,16-18H,7-10H2,1-2H3. The highest BCUT2D eigenvalue weighted by Gasteiger charge is 2.12. The van der Waals surface area contributed by atoms with Crippen LogP contribution in [0, 0.1) is 0 Å². The van der Waals surface area contributed by atoms with Gasteiger partial charge in [-0.15, -0.1) is 0 Å². The van der Waals surface area contributed by atoms with Gasteiger partial charge in [0.15, 0.2) is 0 Å². The van der Waals surface area contributed by atoms with Gasteiger partial charge in [-0.05, 0) is 31.5 Å². The molecular formula is C14H22ClNO3. The smallest absolute Gasteiger partial charge is 0.0897 e. The normalized spacial score (nSPS) is 13.5. The van der Waals surface area contributed by atoms with Crippen LogP contribution in [-0.4, -0.2) is 41.6 Å². The summed E-state index contributed by atoms with van der Waals surface area (Å²) in [5.41, 5.74) is 0.241. The zero-order valence-corrected chi connectivity index (χ0v) is 12.2. The Hall–Kier alpha value is -0.650. The molecular weight excluding hydrogens is 266 g/mol. The van der Waals surface area contributed by atoms with Gasteiger partial charge in [0, 0.05) is 18.1 Å². The summed E-state index contributed by atoms with van der Waals surface area (Å²) in [7, 11) is 0. The lowest BCUT2D eigenvalue weighted by Gasteiger charge is -2.19. The predicted octanol–water partition coefficient (Wildman–Crippen LogP) is 1.58. The Kier molecular flexibility index (Phi) is 6.75. The molecule has 0 aliphatic rings. The molecule has 108 valence electrons. The third-order valence-electron chi connectivity index (χ3n) is 2.43. The van der Waals surface area contributed by atoms with E-state index in [4.69, 9.17) is 16.3 Å². The highest BCUT2D eigenvalue weighted by Crippen LogP contribution is 2.10. The maximum absolute atomic E-state index is 9.68. The monoisotopic (exact) mass is 287 g/mol. The lowest BCUT2D eigenvalue weighted by Crippen LogP contribution is -2.39. The van der Waals surface area contributed by atoms with Gasteiger partial charge < -0.3 is 20.3 Å². The number of ether oxygens (including phenoxy) is 1. The number of halogens is 1. The van der Waals surface area contributed by atoms with Crippen molar-refractivity contribution in [3.8, 4) is 0 Å². The molecule has 0 saturated heterocycles. The molecule has 0 radical (unpaired) electrons. The summed E-state index contributed by atoms with van der Waals surface area (Å²) in [6.07, 6.45) is -0.588. The number of hydrogen-bond acceptors (Lipinski definition) is 4. The van der Waals surface area contributed by atoms with Crippen LogP contribution in [0.4, 0.5) is 0 Å². The number of hydrogen-bond donors (Lipinski definition) is 3. The molecule has 0 aliphatic heterocycles. The Morgan fingerprint density at radius 2 is 1.95 bits per heavy atom. The van der Waals surface area contributed by atoms with Crippen molar-refractivity contribution in [1.82, 2.24) is 5.32 Å². The van der Waals surface area contributed by atoms with Crippen LogP contribution in [0.1, 0.15) is 19.4 Å². The molecule has 1 rings (SSSR count). The first kappa shape index (κ1) is 16.4. The largest absolute Gasteiger partial charge is 0.389 e. The number of rotatable bonds is 8. The molecule has 1 aromatic carbocycles. The van der Waals surface area contributed by atoms with Crippen LogP contribution in [-0.2, 0) is 11.3 Å². The van der Waals surface area contributed by atoms with Gasteiger partial charge in [0.1, 0.15) is 0 Å². The lowest BCUT2D eigenvalue weighted by atomic mass is 10.1. The van der Waals surface area contributed by atoms with Crippen molar-refractivity contribution >= 4 is 11.6 Å². The zero-order chi connectivity index (χ0) is 14.3. The highest BCUT2D eigenvalue weighted by molar-refractivity contribution is 6.30. The minimum atomic E-state index is -0.774. The molecule has 0 aromatic heterocycles. The molecule has 1 aromatic rings. The molecule has 0 aliphatic carbocycles. The first-order valence-electron chi connectivity index (χ1n) is 6.30. The predicted molar refractivity (Wildman–Crippen MR) is 76.3 cm³/mol. The molecule has 4 nitrogen and oxygen atoms in total. The van der Waals surface area contributed by atoms with Crippen LogP contribution in [0.5, 0.6) is 0 Å². The Labute approximate surface area is 119 Å². The van der Waals surface area contributed by atoms with E-state index >= 15 is 0 Å². The molecule has 3 N–H and O–H groups in total. The van der Waals surface area contributed by atoms with Gasteiger partial charge in [0.05, 0.1) is 24.9 Å². The summed E-state index contributed by atoms with van der Waals surface area (Å²) in [6.45, 7) is 4.94. The maximum Gasteiger partial charge on any atom is 0.0897 e. The van der Waals surface area contributed by atoms with Crippen molar-refractivity contribution < 1.29 is 14.9 Å². The van der Waals surface area contributed by atoms with E-state index in [1.807, 2.05) is 24.3 Å². The maximum atomic E-state index is 9.68. The number of benzene rings is 1. The van der Waals surface area contributed by atoms with Gasteiger partial charge in [0.25, 0.3) is 0 Å². The summed E-state index contributed by atoms with van der Waals surface area (Å²) in [6, 6.07) is 7.39. The second-order valence-electron chi connectivity index (χ2n) is 5.24. The molecule has 0 fully saturated rings. The third kappa shape index (κ3) is 8.18. The molecule has 0 saturated carbocycles. The Morgan fingerprint density at radius 3 is 2.53 bits per heavy atom. The average Bonchev–Trinajstić information content (AvgIpc) is 2.30.